The average molecular weight is 297 g/mol. The van der Waals surface area contributed by atoms with Crippen molar-refractivity contribution in [2.75, 3.05) is 19.6 Å². The number of nitrogens with zero attached hydrogens (tertiary/aromatic N) is 2. The van der Waals surface area contributed by atoms with Crippen LogP contribution in [0.25, 0.3) is 0 Å². The van der Waals surface area contributed by atoms with Crippen molar-refractivity contribution in [3.8, 4) is 0 Å². The molecule has 0 radical (unpaired) electrons. The Morgan fingerprint density at radius 1 is 1.09 bits per heavy atom. The number of carbonyl (C=O) groups excluding carboxylic acids is 1. The summed E-state index contributed by atoms with van der Waals surface area (Å²) in [5.74, 6) is -0.131. The van der Waals surface area contributed by atoms with Gasteiger partial charge in [0.2, 0.25) is 0 Å². The minimum Gasteiger partial charge on any atom is -0.349 e. The monoisotopic (exact) mass is 297 g/mol. The van der Waals surface area contributed by atoms with Crippen LogP contribution in [0.5, 0.6) is 0 Å². The number of likely N-dealkylation sites (N-methyl/N-ethyl adjacent to an activating group) is 1. The maximum Gasteiger partial charge on any atom is 0.269 e. The van der Waals surface area contributed by atoms with Gasteiger partial charge < -0.3 is 5.32 Å². The number of aromatic nitrogens is 1. The number of benzene rings is 1. The Morgan fingerprint density at radius 2 is 1.77 bits per heavy atom. The van der Waals surface area contributed by atoms with Crippen LogP contribution in [0, 0.1) is 0 Å². The van der Waals surface area contributed by atoms with Crippen molar-refractivity contribution in [1.29, 1.82) is 0 Å². The van der Waals surface area contributed by atoms with Crippen molar-refractivity contribution in [2.45, 2.75) is 19.9 Å². The maximum absolute atomic E-state index is 12.2. The number of carbonyl (C=O) groups is 1. The highest BCUT2D eigenvalue weighted by Crippen LogP contribution is 2.19. The van der Waals surface area contributed by atoms with Gasteiger partial charge in [-0.1, -0.05) is 50.2 Å². The Hall–Kier alpha value is -2.20. The van der Waals surface area contributed by atoms with E-state index in [1.807, 2.05) is 24.3 Å². The molecule has 2 rings (SSSR count). The second-order valence-electron chi connectivity index (χ2n) is 5.07. The Kier molecular flexibility index (Phi) is 6.10. The molecule has 116 valence electrons. The summed E-state index contributed by atoms with van der Waals surface area (Å²) in [4.78, 5) is 18.6. The SMILES string of the molecule is CCN(CC)C(CNC(=O)c1ccccn1)c1ccccc1. The lowest BCUT2D eigenvalue weighted by atomic mass is 10.1. The molecule has 1 heterocycles. The van der Waals surface area contributed by atoms with Crippen molar-refractivity contribution in [3.05, 3.63) is 66.0 Å². The number of hydrogen-bond acceptors (Lipinski definition) is 3. The highest BCUT2D eigenvalue weighted by molar-refractivity contribution is 5.92. The van der Waals surface area contributed by atoms with Crippen LogP contribution in [0.2, 0.25) is 0 Å². The molecule has 0 fully saturated rings. The van der Waals surface area contributed by atoms with Gasteiger partial charge in [-0.2, -0.15) is 0 Å². The minimum absolute atomic E-state index is 0.131. The minimum atomic E-state index is -0.131. The largest absolute Gasteiger partial charge is 0.349 e. The molecule has 22 heavy (non-hydrogen) atoms. The van der Waals surface area contributed by atoms with Crippen LogP contribution < -0.4 is 5.32 Å². The topological polar surface area (TPSA) is 45.2 Å². The molecule has 1 aromatic heterocycles. The zero-order valence-corrected chi connectivity index (χ0v) is 13.2. The van der Waals surface area contributed by atoms with E-state index >= 15 is 0 Å². The van der Waals surface area contributed by atoms with Crippen LogP contribution in [0.3, 0.4) is 0 Å². The summed E-state index contributed by atoms with van der Waals surface area (Å²) in [5, 5.41) is 3.00. The third-order valence-electron chi connectivity index (χ3n) is 3.79. The Balaban J connectivity index is 2.09. The fourth-order valence-corrected chi connectivity index (χ4v) is 2.57. The number of nitrogens with one attached hydrogen (secondary N) is 1. The van der Waals surface area contributed by atoms with Crippen LogP contribution in [0.15, 0.2) is 54.7 Å². The van der Waals surface area contributed by atoms with E-state index in [1.165, 1.54) is 5.56 Å². The van der Waals surface area contributed by atoms with Gasteiger partial charge in [0.25, 0.3) is 5.91 Å². The molecule has 1 aromatic carbocycles. The molecule has 1 amide bonds. The summed E-state index contributed by atoms with van der Waals surface area (Å²) in [5.41, 5.74) is 1.67. The Bertz CT molecular complexity index is 567. The normalized spacial score (nSPS) is 12.1. The Morgan fingerprint density at radius 3 is 2.36 bits per heavy atom. The smallest absolute Gasteiger partial charge is 0.269 e. The van der Waals surface area contributed by atoms with E-state index < -0.39 is 0 Å². The zero-order chi connectivity index (χ0) is 15.8. The first-order valence-electron chi connectivity index (χ1n) is 7.74. The highest BCUT2D eigenvalue weighted by Gasteiger charge is 2.19. The van der Waals surface area contributed by atoms with Crippen molar-refractivity contribution in [2.24, 2.45) is 0 Å². The van der Waals surface area contributed by atoms with Gasteiger partial charge in [-0.05, 0) is 30.8 Å². The van der Waals surface area contributed by atoms with Crippen LogP contribution in [0.4, 0.5) is 0 Å². The molecule has 0 saturated carbocycles. The molecule has 1 unspecified atom stereocenters. The molecule has 4 nitrogen and oxygen atoms in total. The first kappa shape index (κ1) is 16.2. The van der Waals surface area contributed by atoms with E-state index in [-0.39, 0.29) is 11.9 Å². The fourth-order valence-electron chi connectivity index (χ4n) is 2.57. The lowest BCUT2D eigenvalue weighted by Gasteiger charge is -2.30. The van der Waals surface area contributed by atoms with E-state index in [2.05, 4.69) is 41.2 Å². The first-order valence-corrected chi connectivity index (χ1v) is 7.74. The molecule has 0 bridgehead atoms. The molecule has 1 N–H and O–H groups in total. The molecule has 1 atom stereocenters. The quantitative estimate of drug-likeness (QED) is 0.854. The lowest BCUT2D eigenvalue weighted by Crippen LogP contribution is -2.38. The second-order valence-corrected chi connectivity index (χ2v) is 5.07. The van der Waals surface area contributed by atoms with E-state index in [9.17, 15) is 4.79 Å². The van der Waals surface area contributed by atoms with Crippen molar-refractivity contribution >= 4 is 5.91 Å². The molecular formula is C18H23N3O. The fraction of sp³-hybridized carbons (Fsp3) is 0.333. The molecular weight excluding hydrogens is 274 g/mol. The van der Waals surface area contributed by atoms with Crippen LogP contribution in [-0.4, -0.2) is 35.4 Å². The number of rotatable bonds is 7. The number of hydrogen-bond donors (Lipinski definition) is 1. The van der Waals surface area contributed by atoms with Gasteiger partial charge in [0.05, 0.1) is 6.04 Å². The van der Waals surface area contributed by atoms with Gasteiger partial charge >= 0.3 is 0 Å². The standard InChI is InChI=1S/C18H23N3O/c1-3-21(4-2)17(15-10-6-5-7-11-15)14-20-18(22)16-12-8-9-13-19-16/h5-13,17H,3-4,14H2,1-2H3,(H,20,22). The van der Waals surface area contributed by atoms with Crippen LogP contribution in [0.1, 0.15) is 35.9 Å². The van der Waals surface area contributed by atoms with Gasteiger partial charge in [0.15, 0.2) is 0 Å². The van der Waals surface area contributed by atoms with Gasteiger partial charge in [0, 0.05) is 12.7 Å². The number of amides is 1. The first-order chi connectivity index (χ1) is 10.8. The molecule has 0 spiro atoms. The van der Waals surface area contributed by atoms with Gasteiger partial charge in [-0.3, -0.25) is 14.7 Å². The van der Waals surface area contributed by atoms with Crippen molar-refractivity contribution in [3.63, 3.8) is 0 Å². The summed E-state index contributed by atoms with van der Waals surface area (Å²) in [6.07, 6.45) is 1.63. The Labute approximate surface area is 132 Å². The average Bonchev–Trinajstić information content (AvgIpc) is 2.60. The molecule has 0 aliphatic rings. The predicted molar refractivity (Wildman–Crippen MR) is 88.7 cm³/mol. The zero-order valence-electron chi connectivity index (χ0n) is 13.2. The summed E-state index contributed by atoms with van der Waals surface area (Å²) >= 11 is 0. The molecule has 2 aromatic rings. The summed E-state index contributed by atoms with van der Waals surface area (Å²) < 4.78 is 0. The summed E-state index contributed by atoms with van der Waals surface area (Å²) in [7, 11) is 0. The second kappa shape index (κ2) is 8.29. The van der Waals surface area contributed by atoms with Crippen LogP contribution in [-0.2, 0) is 0 Å². The predicted octanol–water partition coefficient (Wildman–Crippen LogP) is 2.89. The van der Waals surface area contributed by atoms with Gasteiger partial charge in [-0.25, -0.2) is 0 Å². The van der Waals surface area contributed by atoms with E-state index in [4.69, 9.17) is 0 Å². The summed E-state index contributed by atoms with van der Waals surface area (Å²) in [6, 6.07) is 15.8. The summed E-state index contributed by atoms with van der Waals surface area (Å²) in [6.45, 7) is 6.73. The third kappa shape index (κ3) is 4.15. The van der Waals surface area contributed by atoms with E-state index in [0.29, 0.717) is 12.2 Å². The van der Waals surface area contributed by atoms with Crippen molar-refractivity contribution in [1.82, 2.24) is 15.2 Å². The van der Waals surface area contributed by atoms with E-state index in [1.54, 1.807) is 18.3 Å². The van der Waals surface area contributed by atoms with Gasteiger partial charge in [0.1, 0.15) is 5.69 Å². The van der Waals surface area contributed by atoms with Crippen molar-refractivity contribution < 1.29 is 4.79 Å². The third-order valence-corrected chi connectivity index (χ3v) is 3.79. The van der Waals surface area contributed by atoms with Crippen LogP contribution >= 0.6 is 0 Å². The maximum atomic E-state index is 12.2. The number of pyridine rings is 1. The molecule has 4 heteroatoms. The molecule has 0 aliphatic heterocycles. The highest BCUT2D eigenvalue weighted by atomic mass is 16.1. The molecule has 0 aliphatic carbocycles. The molecule has 0 saturated heterocycles. The van der Waals surface area contributed by atoms with E-state index in [0.717, 1.165) is 13.1 Å². The lowest BCUT2D eigenvalue weighted by molar-refractivity contribution is 0.0930. The van der Waals surface area contributed by atoms with Gasteiger partial charge in [-0.15, -0.1) is 0 Å².